The van der Waals surface area contributed by atoms with Crippen LogP contribution in [0, 0.1) is 5.92 Å². The smallest absolute Gasteiger partial charge is 0.269 e. The molecule has 1 amide bonds. The van der Waals surface area contributed by atoms with Gasteiger partial charge in [0.2, 0.25) is 0 Å². The molecule has 0 aromatic carbocycles. The van der Waals surface area contributed by atoms with E-state index in [4.69, 9.17) is 5.73 Å². The van der Waals surface area contributed by atoms with Crippen LogP contribution >= 0.6 is 0 Å². The van der Waals surface area contributed by atoms with Crippen molar-refractivity contribution in [2.24, 2.45) is 11.7 Å². The zero-order valence-electron chi connectivity index (χ0n) is 7.32. The Balaban J connectivity index is 2.71. The van der Waals surface area contributed by atoms with Gasteiger partial charge in [0, 0.05) is 12.7 Å². The number of carbonyl (C=O) groups is 1. The Labute approximate surface area is 71.4 Å². The standard InChI is InChI=1S/C8H13N3O/c1-6(2)5-11-4-3-7(10-11)8(9)12/h3-4,6H,5H2,1-2H3,(H2,9,12). The summed E-state index contributed by atoms with van der Waals surface area (Å²) < 4.78 is 1.73. The summed E-state index contributed by atoms with van der Waals surface area (Å²) in [5.41, 5.74) is 5.37. The molecule has 2 N–H and O–H groups in total. The third-order valence-corrected chi connectivity index (χ3v) is 1.45. The molecule has 0 aliphatic carbocycles. The van der Waals surface area contributed by atoms with Gasteiger partial charge in [-0.15, -0.1) is 0 Å². The molecule has 0 atom stereocenters. The Bertz CT molecular complexity index is 278. The normalized spacial score (nSPS) is 10.6. The fraction of sp³-hybridized carbons (Fsp3) is 0.500. The first-order valence-electron chi connectivity index (χ1n) is 3.93. The van der Waals surface area contributed by atoms with E-state index in [0.717, 1.165) is 6.54 Å². The van der Waals surface area contributed by atoms with E-state index in [1.54, 1.807) is 16.9 Å². The van der Waals surface area contributed by atoms with Gasteiger partial charge in [-0.3, -0.25) is 9.48 Å². The van der Waals surface area contributed by atoms with Gasteiger partial charge < -0.3 is 5.73 Å². The second kappa shape index (κ2) is 3.38. The number of hydrogen-bond acceptors (Lipinski definition) is 2. The molecule has 0 spiro atoms. The summed E-state index contributed by atoms with van der Waals surface area (Å²) in [5, 5.41) is 3.99. The van der Waals surface area contributed by atoms with Crippen molar-refractivity contribution in [2.45, 2.75) is 20.4 Å². The molecule has 0 radical (unpaired) electrons. The molecule has 12 heavy (non-hydrogen) atoms. The molecule has 0 saturated carbocycles. The van der Waals surface area contributed by atoms with Crippen LogP contribution in [-0.4, -0.2) is 15.7 Å². The van der Waals surface area contributed by atoms with E-state index in [9.17, 15) is 4.79 Å². The summed E-state index contributed by atoms with van der Waals surface area (Å²) in [6.45, 7) is 4.99. The van der Waals surface area contributed by atoms with Crippen LogP contribution in [0.1, 0.15) is 24.3 Å². The Morgan fingerprint density at radius 2 is 2.42 bits per heavy atom. The summed E-state index contributed by atoms with van der Waals surface area (Å²) in [4.78, 5) is 10.6. The number of carbonyl (C=O) groups excluding carboxylic acids is 1. The van der Waals surface area contributed by atoms with E-state index in [1.807, 2.05) is 0 Å². The number of hydrogen-bond donors (Lipinski definition) is 1. The van der Waals surface area contributed by atoms with E-state index in [-0.39, 0.29) is 0 Å². The van der Waals surface area contributed by atoms with Crippen molar-refractivity contribution in [3.8, 4) is 0 Å². The van der Waals surface area contributed by atoms with Crippen LogP contribution in [0.4, 0.5) is 0 Å². The van der Waals surface area contributed by atoms with Crippen molar-refractivity contribution in [3.63, 3.8) is 0 Å². The Hall–Kier alpha value is -1.32. The van der Waals surface area contributed by atoms with Crippen LogP contribution in [-0.2, 0) is 6.54 Å². The van der Waals surface area contributed by atoms with Crippen LogP contribution in [0.25, 0.3) is 0 Å². The average Bonchev–Trinajstić information content (AvgIpc) is 2.34. The molecule has 0 aliphatic heterocycles. The quantitative estimate of drug-likeness (QED) is 0.718. The van der Waals surface area contributed by atoms with Gasteiger partial charge in [0.1, 0.15) is 5.69 Å². The molecule has 66 valence electrons. The lowest BCUT2D eigenvalue weighted by Gasteiger charge is -2.03. The minimum atomic E-state index is -0.475. The molecular formula is C8H13N3O. The van der Waals surface area contributed by atoms with Crippen molar-refractivity contribution in [3.05, 3.63) is 18.0 Å². The fourth-order valence-corrected chi connectivity index (χ4v) is 0.969. The second-order valence-electron chi connectivity index (χ2n) is 3.18. The van der Waals surface area contributed by atoms with Gasteiger partial charge in [-0.2, -0.15) is 5.10 Å². The zero-order valence-corrected chi connectivity index (χ0v) is 7.32. The average molecular weight is 167 g/mol. The lowest BCUT2D eigenvalue weighted by Crippen LogP contribution is -2.13. The lowest BCUT2D eigenvalue weighted by molar-refractivity contribution is 0.0994. The van der Waals surface area contributed by atoms with E-state index in [1.165, 1.54) is 0 Å². The first-order chi connectivity index (χ1) is 5.59. The van der Waals surface area contributed by atoms with Gasteiger partial charge in [-0.25, -0.2) is 0 Å². The molecule has 4 heteroatoms. The molecule has 0 saturated heterocycles. The van der Waals surface area contributed by atoms with E-state index in [2.05, 4.69) is 18.9 Å². The van der Waals surface area contributed by atoms with Gasteiger partial charge in [-0.05, 0) is 12.0 Å². The van der Waals surface area contributed by atoms with Gasteiger partial charge >= 0.3 is 0 Å². The summed E-state index contributed by atoms with van der Waals surface area (Å²) >= 11 is 0. The minimum absolute atomic E-state index is 0.329. The third-order valence-electron chi connectivity index (χ3n) is 1.45. The Kier molecular flexibility index (Phi) is 2.47. The maximum Gasteiger partial charge on any atom is 0.269 e. The maximum atomic E-state index is 10.6. The lowest BCUT2D eigenvalue weighted by atomic mass is 10.2. The van der Waals surface area contributed by atoms with Crippen LogP contribution in [0.2, 0.25) is 0 Å². The van der Waals surface area contributed by atoms with Crippen LogP contribution in [0.3, 0.4) is 0 Å². The van der Waals surface area contributed by atoms with E-state index >= 15 is 0 Å². The number of rotatable bonds is 3. The number of nitrogens with zero attached hydrogens (tertiary/aromatic N) is 2. The largest absolute Gasteiger partial charge is 0.364 e. The molecule has 0 aliphatic rings. The highest BCUT2D eigenvalue weighted by molar-refractivity contribution is 5.90. The highest BCUT2D eigenvalue weighted by Crippen LogP contribution is 1.99. The van der Waals surface area contributed by atoms with E-state index in [0.29, 0.717) is 11.6 Å². The topological polar surface area (TPSA) is 60.9 Å². The molecule has 0 unspecified atom stereocenters. The van der Waals surface area contributed by atoms with Gasteiger partial charge in [-0.1, -0.05) is 13.8 Å². The summed E-state index contributed by atoms with van der Waals surface area (Å²) in [6.07, 6.45) is 1.76. The first-order valence-corrected chi connectivity index (χ1v) is 3.93. The second-order valence-corrected chi connectivity index (χ2v) is 3.18. The first kappa shape index (κ1) is 8.77. The molecule has 1 aromatic rings. The molecule has 1 heterocycles. The minimum Gasteiger partial charge on any atom is -0.364 e. The predicted molar refractivity (Wildman–Crippen MR) is 45.6 cm³/mol. The number of primary amides is 1. The summed E-state index contributed by atoms with van der Waals surface area (Å²) in [7, 11) is 0. The summed E-state index contributed by atoms with van der Waals surface area (Å²) in [5.74, 6) is 0.0446. The molecule has 4 nitrogen and oxygen atoms in total. The Morgan fingerprint density at radius 1 is 1.75 bits per heavy atom. The number of aromatic nitrogens is 2. The SMILES string of the molecule is CC(C)Cn1ccc(C(N)=O)n1. The van der Waals surface area contributed by atoms with Gasteiger partial charge in [0.25, 0.3) is 5.91 Å². The van der Waals surface area contributed by atoms with Crippen molar-refractivity contribution in [1.29, 1.82) is 0 Å². The highest BCUT2D eigenvalue weighted by atomic mass is 16.1. The highest BCUT2D eigenvalue weighted by Gasteiger charge is 2.04. The molecule has 0 fully saturated rings. The third kappa shape index (κ3) is 2.08. The molecular weight excluding hydrogens is 154 g/mol. The van der Waals surface area contributed by atoms with Crippen LogP contribution < -0.4 is 5.73 Å². The van der Waals surface area contributed by atoms with Crippen LogP contribution in [0.5, 0.6) is 0 Å². The maximum absolute atomic E-state index is 10.6. The van der Waals surface area contributed by atoms with Crippen molar-refractivity contribution in [2.75, 3.05) is 0 Å². The van der Waals surface area contributed by atoms with Crippen molar-refractivity contribution in [1.82, 2.24) is 9.78 Å². The molecule has 0 bridgehead atoms. The number of nitrogens with two attached hydrogens (primary N) is 1. The monoisotopic (exact) mass is 167 g/mol. The predicted octanol–water partition coefficient (Wildman–Crippen LogP) is 0.638. The van der Waals surface area contributed by atoms with Gasteiger partial charge in [0.05, 0.1) is 0 Å². The summed E-state index contributed by atoms with van der Waals surface area (Å²) in [6, 6.07) is 1.63. The fourth-order valence-electron chi connectivity index (χ4n) is 0.969. The van der Waals surface area contributed by atoms with E-state index < -0.39 is 5.91 Å². The van der Waals surface area contributed by atoms with Gasteiger partial charge in [0.15, 0.2) is 0 Å². The van der Waals surface area contributed by atoms with Crippen LogP contribution in [0.15, 0.2) is 12.3 Å². The van der Waals surface area contributed by atoms with Crippen molar-refractivity contribution >= 4 is 5.91 Å². The van der Waals surface area contributed by atoms with Crippen molar-refractivity contribution < 1.29 is 4.79 Å². The zero-order chi connectivity index (χ0) is 9.14. The molecule has 1 aromatic heterocycles. The Morgan fingerprint density at radius 3 is 2.83 bits per heavy atom. The molecule has 1 rings (SSSR count). The number of amides is 1.